The molecule has 0 unspecified atom stereocenters. The van der Waals surface area contributed by atoms with E-state index >= 15 is 0 Å². The summed E-state index contributed by atoms with van der Waals surface area (Å²) in [4.78, 5) is 29.7. The van der Waals surface area contributed by atoms with Gasteiger partial charge in [-0.2, -0.15) is 4.99 Å². The summed E-state index contributed by atoms with van der Waals surface area (Å²) in [5.74, 6) is 0.468. The van der Waals surface area contributed by atoms with Crippen molar-refractivity contribution in [2.75, 3.05) is 20.8 Å². The van der Waals surface area contributed by atoms with Crippen molar-refractivity contribution >= 4 is 33.4 Å². The van der Waals surface area contributed by atoms with Gasteiger partial charge in [0.2, 0.25) is 0 Å². The van der Waals surface area contributed by atoms with Gasteiger partial charge < -0.3 is 18.8 Å². The van der Waals surface area contributed by atoms with Gasteiger partial charge in [0.05, 0.1) is 37.5 Å². The van der Waals surface area contributed by atoms with E-state index in [9.17, 15) is 9.59 Å². The molecule has 1 aromatic heterocycles. The Hall–Kier alpha value is -3.13. The van der Waals surface area contributed by atoms with Crippen LogP contribution in [0, 0.1) is 13.8 Å². The summed E-state index contributed by atoms with van der Waals surface area (Å²) in [7, 11) is 3.11. The van der Waals surface area contributed by atoms with E-state index in [-0.39, 0.29) is 24.8 Å². The lowest BCUT2D eigenvalue weighted by Gasteiger charge is -2.08. The van der Waals surface area contributed by atoms with E-state index in [0.717, 1.165) is 26.9 Å². The minimum absolute atomic E-state index is 0.00118. The van der Waals surface area contributed by atoms with Gasteiger partial charge in [0.1, 0.15) is 6.54 Å². The van der Waals surface area contributed by atoms with E-state index < -0.39 is 0 Å². The van der Waals surface area contributed by atoms with E-state index in [2.05, 4.69) is 11.1 Å². The largest absolute Gasteiger partial charge is 0.493 e. The molecule has 1 heterocycles. The summed E-state index contributed by atoms with van der Waals surface area (Å²) in [6.45, 7) is 6.10. The predicted molar refractivity (Wildman–Crippen MR) is 120 cm³/mol. The van der Waals surface area contributed by atoms with E-state index in [4.69, 9.17) is 14.2 Å². The molecule has 0 radical (unpaired) electrons. The number of esters is 1. The number of hydrogen-bond acceptors (Lipinski definition) is 6. The van der Waals surface area contributed by atoms with Gasteiger partial charge in [0, 0.05) is 0 Å². The number of fused-ring (bicyclic) bond motifs is 1. The summed E-state index contributed by atoms with van der Waals surface area (Å²) >= 11 is 1.38. The standard InChI is InChI=1S/C23H26N2O5S/c1-6-30-22(27)13-25-17-9-14(2)15(3)10-20(17)31-23(25)24-21(26)12-16-7-8-18(28-4)19(11-16)29-5/h7-11H,6,12-13H2,1-5H3. The fourth-order valence-electron chi connectivity index (χ4n) is 3.21. The molecule has 0 saturated heterocycles. The molecule has 1 amide bonds. The number of carbonyl (C=O) groups excluding carboxylic acids is 2. The normalized spacial score (nSPS) is 11.6. The Bertz CT molecular complexity index is 1190. The molecule has 0 aliphatic heterocycles. The van der Waals surface area contributed by atoms with Crippen LogP contribution in [-0.4, -0.2) is 37.3 Å². The lowest BCUT2D eigenvalue weighted by atomic mass is 10.1. The molecule has 0 atom stereocenters. The highest BCUT2D eigenvalue weighted by Gasteiger charge is 2.14. The molecule has 0 fully saturated rings. The Morgan fingerprint density at radius 1 is 1.03 bits per heavy atom. The molecule has 0 bridgehead atoms. The van der Waals surface area contributed by atoms with Gasteiger partial charge in [-0.25, -0.2) is 0 Å². The van der Waals surface area contributed by atoms with Crippen LogP contribution in [0.2, 0.25) is 0 Å². The minimum Gasteiger partial charge on any atom is -0.493 e. The topological polar surface area (TPSA) is 79.1 Å². The zero-order valence-corrected chi connectivity index (χ0v) is 19.2. The van der Waals surface area contributed by atoms with Gasteiger partial charge in [-0.1, -0.05) is 17.4 Å². The van der Waals surface area contributed by atoms with Gasteiger partial charge in [0.15, 0.2) is 16.3 Å². The maximum atomic E-state index is 12.7. The number of methoxy groups -OCH3 is 2. The van der Waals surface area contributed by atoms with Crippen LogP contribution in [0.4, 0.5) is 0 Å². The molecule has 2 aromatic carbocycles. The van der Waals surface area contributed by atoms with Crippen LogP contribution in [0.15, 0.2) is 35.3 Å². The van der Waals surface area contributed by atoms with Crippen LogP contribution in [0.25, 0.3) is 10.2 Å². The number of amides is 1. The Labute approximate surface area is 184 Å². The lowest BCUT2D eigenvalue weighted by molar-refractivity contribution is -0.143. The first-order chi connectivity index (χ1) is 14.9. The van der Waals surface area contributed by atoms with Crippen molar-refractivity contribution in [1.29, 1.82) is 0 Å². The van der Waals surface area contributed by atoms with Crippen molar-refractivity contribution in [1.82, 2.24) is 4.57 Å². The average molecular weight is 443 g/mol. The predicted octanol–water partition coefficient (Wildman–Crippen LogP) is 3.57. The highest BCUT2D eigenvalue weighted by molar-refractivity contribution is 7.16. The van der Waals surface area contributed by atoms with Crippen molar-refractivity contribution in [2.45, 2.75) is 33.7 Å². The van der Waals surface area contributed by atoms with Crippen molar-refractivity contribution in [3.8, 4) is 11.5 Å². The number of rotatable bonds is 7. The zero-order valence-electron chi connectivity index (χ0n) is 18.4. The zero-order chi connectivity index (χ0) is 22.5. The molecule has 3 rings (SSSR count). The first-order valence-corrected chi connectivity index (χ1v) is 10.7. The maximum absolute atomic E-state index is 12.7. The van der Waals surface area contributed by atoms with Crippen molar-refractivity contribution < 1.29 is 23.8 Å². The molecule has 0 N–H and O–H groups in total. The highest BCUT2D eigenvalue weighted by Crippen LogP contribution is 2.28. The summed E-state index contributed by atoms with van der Waals surface area (Å²) in [5, 5.41) is 0. The van der Waals surface area contributed by atoms with Crippen LogP contribution >= 0.6 is 11.3 Å². The van der Waals surface area contributed by atoms with Crippen LogP contribution in [0.3, 0.4) is 0 Å². The summed E-state index contributed by atoms with van der Waals surface area (Å²) in [6.07, 6.45) is 0.103. The summed E-state index contributed by atoms with van der Waals surface area (Å²) in [5.41, 5.74) is 3.86. The molecule has 0 aliphatic rings. The quantitative estimate of drug-likeness (QED) is 0.523. The molecule has 0 saturated carbocycles. The molecule has 31 heavy (non-hydrogen) atoms. The number of thiazole rings is 1. The van der Waals surface area contributed by atoms with Crippen molar-refractivity contribution in [2.24, 2.45) is 4.99 Å². The Morgan fingerprint density at radius 2 is 1.74 bits per heavy atom. The number of nitrogens with zero attached hydrogens (tertiary/aromatic N) is 2. The minimum atomic E-state index is -0.366. The Morgan fingerprint density at radius 3 is 2.42 bits per heavy atom. The third-order valence-electron chi connectivity index (χ3n) is 4.91. The van der Waals surface area contributed by atoms with Crippen molar-refractivity contribution in [3.63, 3.8) is 0 Å². The fraction of sp³-hybridized carbons (Fsp3) is 0.348. The first-order valence-electron chi connectivity index (χ1n) is 9.91. The third-order valence-corrected chi connectivity index (χ3v) is 5.96. The number of aryl methyl sites for hydroxylation is 2. The third kappa shape index (κ3) is 5.14. The second kappa shape index (κ2) is 9.78. The Balaban J connectivity index is 2.00. The van der Waals surface area contributed by atoms with Gasteiger partial charge in [-0.15, -0.1) is 0 Å². The van der Waals surface area contributed by atoms with E-state index in [0.29, 0.717) is 22.9 Å². The van der Waals surface area contributed by atoms with Crippen molar-refractivity contribution in [3.05, 3.63) is 51.8 Å². The Kier molecular flexibility index (Phi) is 7.12. The number of aromatic nitrogens is 1. The van der Waals surface area contributed by atoms with Gasteiger partial charge in [0.25, 0.3) is 5.91 Å². The number of benzene rings is 2. The second-order valence-corrected chi connectivity index (χ2v) is 8.06. The molecule has 164 valence electrons. The number of carbonyl (C=O) groups is 2. The van der Waals surface area contributed by atoms with Crippen LogP contribution < -0.4 is 14.3 Å². The molecular formula is C23H26N2O5S. The summed E-state index contributed by atoms with van der Waals surface area (Å²) in [6, 6.07) is 9.38. The van der Waals surface area contributed by atoms with E-state index in [1.54, 1.807) is 43.9 Å². The number of ether oxygens (including phenoxy) is 3. The van der Waals surface area contributed by atoms with Crippen LogP contribution in [-0.2, 0) is 27.3 Å². The van der Waals surface area contributed by atoms with E-state index in [1.165, 1.54) is 11.3 Å². The van der Waals surface area contributed by atoms with Gasteiger partial charge >= 0.3 is 5.97 Å². The van der Waals surface area contributed by atoms with Crippen LogP contribution in [0.5, 0.6) is 11.5 Å². The van der Waals surface area contributed by atoms with Gasteiger partial charge in [-0.3, -0.25) is 9.59 Å². The molecule has 0 spiro atoms. The smallest absolute Gasteiger partial charge is 0.326 e. The molecule has 8 heteroatoms. The lowest BCUT2D eigenvalue weighted by Crippen LogP contribution is -2.23. The monoisotopic (exact) mass is 442 g/mol. The molecule has 3 aromatic rings. The van der Waals surface area contributed by atoms with Crippen LogP contribution in [0.1, 0.15) is 23.6 Å². The highest BCUT2D eigenvalue weighted by atomic mass is 32.1. The first kappa shape index (κ1) is 22.6. The molecule has 0 aliphatic carbocycles. The summed E-state index contributed by atoms with van der Waals surface area (Å²) < 4.78 is 18.4. The fourth-order valence-corrected chi connectivity index (χ4v) is 4.33. The maximum Gasteiger partial charge on any atom is 0.326 e. The SMILES string of the molecule is CCOC(=O)Cn1c(=NC(=O)Cc2ccc(OC)c(OC)c2)sc2cc(C)c(C)cc21. The second-order valence-electron chi connectivity index (χ2n) is 7.05. The molecular weight excluding hydrogens is 416 g/mol. The number of hydrogen-bond donors (Lipinski definition) is 0. The average Bonchev–Trinajstić information content (AvgIpc) is 3.04. The molecule has 7 nitrogen and oxygen atoms in total. The van der Waals surface area contributed by atoms with E-state index in [1.807, 2.05) is 19.9 Å². The van der Waals surface area contributed by atoms with Gasteiger partial charge in [-0.05, 0) is 61.7 Å².